The van der Waals surface area contributed by atoms with E-state index in [2.05, 4.69) is 0 Å². The quantitative estimate of drug-likeness (QED) is 0.351. The minimum absolute atomic E-state index is 0.00105. The van der Waals surface area contributed by atoms with Crippen LogP contribution in [-0.4, -0.2) is 41.0 Å². The first-order valence-electron chi connectivity index (χ1n) is 11.6. The number of alkyl halides is 6. The first kappa shape index (κ1) is 27.6. The first-order chi connectivity index (χ1) is 17.6. The van der Waals surface area contributed by atoms with Crippen LogP contribution in [0.2, 0.25) is 0 Å². The van der Waals surface area contributed by atoms with Crippen LogP contribution in [0.1, 0.15) is 54.0 Å². The van der Waals surface area contributed by atoms with Crippen molar-refractivity contribution in [2.24, 2.45) is 0 Å². The van der Waals surface area contributed by atoms with Gasteiger partial charge in [0.2, 0.25) is 0 Å². The standard InChI is InChI=1S/C26H22F7NO4/c1-13(15-8-16(25(28,29)30)10-17(9-15)26(31,32)33)38-22-12-34(20-6-7-21(35)23(20)24(36)37)11-19(22)14-2-4-18(27)5-3-14/h2-5,8-10,13,19,22H,6-7,11-12H2,1H3,(H,36,37)/t13-,19-,22+/m1/s1. The van der Waals surface area contributed by atoms with Crippen LogP contribution >= 0.6 is 0 Å². The number of rotatable bonds is 6. The third-order valence-corrected chi connectivity index (χ3v) is 6.77. The smallest absolute Gasteiger partial charge is 0.416 e. The molecule has 1 fully saturated rings. The second-order valence-corrected chi connectivity index (χ2v) is 9.27. The molecule has 38 heavy (non-hydrogen) atoms. The minimum atomic E-state index is -5.02. The van der Waals surface area contributed by atoms with Gasteiger partial charge < -0.3 is 14.7 Å². The summed E-state index contributed by atoms with van der Waals surface area (Å²) in [6.07, 6.45) is -11.9. The van der Waals surface area contributed by atoms with Crippen molar-refractivity contribution in [3.8, 4) is 0 Å². The Morgan fingerprint density at radius 1 is 0.974 bits per heavy atom. The molecule has 5 nitrogen and oxygen atoms in total. The second-order valence-electron chi connectivity index (χ2n) is 9.27. The number of benzene rings is 2. The van der Waals surface area contributed by atoms with Gasteiger partial charge in [-0.3, -0.25) is 4.79 Å². The zero-order valence-electron chi connectivity index (χ0n) is 19.9. The number of Topliss-reactive ketones (excluding diaryl/α,β-unsaturated/α-hetero) is 1. The minimum Gasteiger partial charge on any atom is -0.477 e. The van der Waals surface area contributed by atoms with Gasteiger partial charge in [-0.1, -0.05) is 12.1 Å². The Hall–Kier alpha value is -3.41. The van der Waals surface area contributed by atoms with E-state index in [1.807, 2.05) is 0 Å². The predicted octanol–water partition coefficient (Wildman–Crippen LogP) is 6.11. The van der Waals surface area contributed by atoms with Crippen LogP contribution in [-0.2, 0) is 26.7 Å². The predicted molar refractivity (Wildman–Crippen MR) is 119 cm³/mol. The highest BCUT2D eigenvalue weighted by Crippen LogP contribution is 2.41. The molecule has 4 rings (SSSR count). The van der Waals surface area contributed by atoms with Gasteiger partial charge in [-0.25, -0.2) is 9.18 Å². The number of allylic oxidation sites excluding steroid dienone is 1. The first-order valence-corrected chi connectivity index (χ1v) is 11.6. The van der Waals surface area contributed by atoms with E-state index in [9.17, 15) is 45.4 Å². The molecule has 12 heteroatoms. The number of hydrogen-bond acceptors (Lipinski definition) is 4. The maximum atomic E-state index is 13.5. The van der Waals surface area contributed by atoms with E-state index in [0.29, 0.717) is 17.7 Å². The number of halogens is 7. The zero-order valence-corrected chi connectivity index (χ0v) is 19.9. The molecule has 1 saturated heterocycles. The van der Waals surface area contributed by atoms with E-state index in [1.165, 1.54) is 31.2 Å². The lowest BCUT2D eigenvalue weighted by atomic mass is 9.95. The molecule has 1 aliphatic heterocycles. The lowest BCUT2D eigenvalue weighted by molar-refractivity contribution is -0.143. The van der Waals surface area contributed by atoms with Gasteiger partial charge in [-0.15, -0.1) is 0 Å². The van der Waals surface area contributed by atoms with Crippen LogP contribution in [0.25, 0.3) is 0 Å². The topological polar surface area (TPSA) is 66.8 Å². The lowest BCUT2D eigenvalue weighted by Gasteiger charge is -2.25. The maximum Gasteiger partial charge on any atom is 0.416 e. The van der Waals surface area contributed by atoms with Gasteiger partial charge in [-0.2, -0.15) is 26.3 Å². The fourth-order valence-electron chi connectivity index (χ4n) is 4.92. The molecule has 2 aromatic carbocycles. The molecule has 2 aliphatic rings. The normalized spacial score (nSPS) is 21.4. The van der Waals surface area contributed by atoms with Crippen molar-refractivity contribution in [3.05, 3.63) is 81.8 Å². The van der Waals surface area contributed by atoms with Crippen LogP contribution in [0.15, 0.2) is 53.7 Å². The van der Waals surface area contributed by atoms with Gasteiger partial charge in [-0.05, 0) is 54.8 Å². The zero-order chi connectivity index (χ0) is 28.0. The van der Waals surface area contributed by atoms with Gasteiger partial charge in [0.15, 0.2) is 5.78 Å². The number of carbonyl (C=O) groups is 2. The highest BCUT2D eigenvalue weighted by Gasteiger charge is 2.42. The molecule has 204 valence electrons. The summed E-state index contributed by atoms with van der Waals surface area (Å²) in [6.45, 7) is 1.50. The molecule has 0 aromatic heterocycles. The van der Waals surface area contributed by atoms with Crippen molar-refractivity contribution in [1.29, 1.82) is 0 Å². The average molecular weight is 545 g/mol. The number of ether oxygens (including phenoxy) is 1. The number of carbonyl (C=O) groups excluding carboxylic acids is 1. The molecule has 0 saturated carbocycles. The summed E-state index contributed by atoms with van der Waals surface area (Å²) in [6, 6.07) is 6.57. The van der Waals surface area contributed by atoms with Crippen LogP contribution in [0, 0.1) is 5.82 Å². The molecule has 0 amide bonds. The number of hydrogen-bond donors (Lipinski definition) is 1. The van der Waals surface area contributed by atoms with Crippen molar-refractivity contribution >= 4 is 11.8 Å². The van der Waals surface area contributed by atoms with Gasteiger partial charge in [0.1, 0.15) is 11.4 Å². The highest BCUT2D eigenvalue weighted by atomic mass is 19.4. The summed E-state index contributed by atoms with van der Waals surface area (Å²) in [5, 5.41) is 9.51. The van der Waals surface area contributed by atoms with Crippen molar-refractivity contribution in [2.45, 2.75) is 50.2 Å². The fourth-order valence-corrected chi connectivity index (χ4v) is 4.92. The third-order valence-electron chi connectivity index (χ3n) is 6.77. The molecular weight excluding hydrogens is 523 g/mol. The molecule has 0 unspecified atom stereocenters. The molecule has 0 radical (unpaired) electrons. The number of likely N-dealkylation sites (tertiary alicyclic amines) is 1. The molecule has 2 aromatic rings. The van der Waals surface area contributed by atoms with Crippen molar-refractivity contribution in [2.75, 3.05) is 13.1 Å². The van der Waals surface area contributed by atoms with Crippen molar-refractivity contribution in [1.82, 2.24) is 4.90 Å². The monoisotopic (exact) mass is 545 g/mol. The van der Waals surface area contributed by atoms with Gasteiger partial charge in [0.05, 0.1) is 23.3 Å². The summed E-state index contributed by atoms with van der Waals surface area (Å²) >= 11 is 0. The number of ketones is 1. The van der Waals surface area contributed by atoms with Crippen molar-refractivity contribution in [3.63, 3.8) is 0 Å². The highest BCUT2D eigenvalue weighted by molar-refractivity contribution is 6.18. The number of nitrogens with zero attached hydrogens (tertiary/aromatic N) is 1. The largest absolute Gasteiger partial charge is 0.477 e. The third kappa shape index (κ3) is 5.69. The number of aliphatic carboxylic acids is 1. The van der Waals surface area contributed by atoms with Gasteiger partial charge in [0.25, 0.3) is 0 Å². The van der Waals surface area contributed by atoms with Crippen molar-refractivity contribution < 1.29 is 50.2 Å². The Labute approximate surface area is 212 Å². The van der Waals surface area contributed by atoms with E-state index in [-0.39, 0.29) is 48.8 Å². The molecule has 3 atom stereocenters. The maximum absolute atomic E-state index is 13.5. The Kier molecular flexibility index (Phi) is 7.30. The van der Waals surface area contributed by atoms with Crippen LogP contribution in [0.5, 0.6) is 0 Å². The Balaban J connectivity index is 1.69. The molecule has 1 aliphatic carbocycles. The molecule has 1 N–H and O–H groups in total. The molecular formula is C26H22F7NO4. The number of carboxylic acids is 1. The molecule has 0 bridgehead atoms. The second kappa shape index (κ2) is 10.0. The lowest BCUT2D eigenvalue weighted by Crippen LogP contribution is -2.26. The summed E-state index contributed by atoms with van der Waals surface area (Å²) in [7, 11) is 0. The van der Waals surface area contributed by atoms with Gasteiger partial charge >= 0.3 is 18.3 Å². The van der Waals surface area contributed by atoms with E-state index in [1.54, 1.807) is 4.90 Å². The summed E-state index contributed by atoms with van der Waals surface area (Å²) in [5.74, 6) is -2.98. The Bertz CT molecular complexity index is 1240. The summed E-state index contributed by atoms with van der Waals surface area (Å²) < 4.78 is 99.7. The van der Waals surface area contributed by atoms with Crippen LogP contribution < -0.4 is 0 Å². The Morgan fingerprint density at radius 2 is 1.55 bits per heavy atom. The average Bonchev–Trinajstić information content (AvgIpc) is 3.41. The van der Waals surface area contributed by atoms with E-state index in [0.717, 1.165) is 0 Å². The summed E-state index contributed by atoms with van der Waals surface area (Å²) in [5.41, 5.74) is -2.78. The molecule has 0 spiro atoms. The van der Waals surface area contributed by atoms with Gasteiger partial charge in [0, 0.05) is 31.1 Å². The van der Waals surface area contributed by atoms with E-state index >= 15 is 0 Å². The summed E-state index contributed by atoms with van der Waals surface area (Å²) in [4.78, 5) is 25.4. The SMILES string of the molecule is C[C@@H](O[C@H]1CN(C2=C(C(=O)O)C(=O)CC2)C[C@@H]1c1ccc(F)cc1)c1cc(C(F)(F)F)cc(C(F)(F)F)c1. The fraction of sp³-hybridized carbons (Fsp3) is 0.385. The van der Waals surface area contributed by atoms with E-state index in [4.69, 9.17) is 4.74 Å². The molecule has 1 heterocycles. The van der Waals surface area contributed by atoms with Crippen LogP contribution in [0.3, 0.4) is 0 Å². The van der Waals surface area contributed by atoms with Crippen LogP contribution in [0.4, 0.5) is 30.7 Å². The number of carboxylic acid groups (broad SMARTS) is 1. The van der Waals surface area contributed by atoms with E-state index < -0.39 is 59.2 Å². The Morgan fingerprint density at radius 3 is 2.08 bits per heavy atom.